The molecule has 2 amide bonds. The van der Waals surface area contributed by atoms with Crippen LogP contribution in [0.15, 0.2) is 47.1 Å². The van der Waals surface area contributed by atoms with Crippen LogP contribution in [0.4, 0.5) is 5.69 Å². The van der Waals surface area contributed by atoms with Gasteiger partial charge in [0.25, 0.3) is 0 Å². The molecule has 0 spiro atoms. The Morgan fingerprint density at radius 2 is 1.96 bits per heavy atom. The summed E-state index contributed by atoms with van der Waals surface area (Å²) < 4.78 is 5.28. The van der Waals surface area contributed by atoms with Gasteiger partial charge in [0.1, 0.15) is 11.4 Å². The van der Waals surface area contributed by atoms with Crippen molar-refractivity contribution in [2.24, 2.45) is 5.92 Å². The molecule has 1 saturated carbocycles. The first kappa shape index (κ1) is 16.5. The summed E-state index contributed by atoms with van der Waals surface area (Å²) in [5.74, 6) is -1.30. The summed E-state index contributed by atoms with van der Waals surface area (Å²) in [5.41, 5.74) is -0.952. The molecule has 0 saturated heterocycles. The molecule has 1 aliphatic rings. The minimum absolute atomic E-state index is 0.00980. The Labute approximate surface area is 143 Å². The molecule has 0 bridgehead atoms. The average Bonchev–Trinajstić information content (AvgIpc) is 3.29. The Hall–Kier alpha value is -2.31. The number of carbonyl (C=O) groups excluding carboxylic acids is 2. The number of para-hydroxylation sites is 1. The summed E-state index contributed by atoms with van der Waals surface area (Å²) in [4.78, 5) is 24.0. The van der Waals surface area contributed by atoms with Crippen molar-refractivity contribution in [3.8, 4) is 0 Å². The number of carbonyl (C=O) groups is 2. The molecule has 24 heavy (non-hydrogen) atoms. The molecule has 1 fully saturated rings. The molecule has 126 valence electrons. The molecule has 2 aromatic rings. The topological polar surface area (TPSA) is 91.6 Å². The lowest BCUT2D eigenvalue weighted by atomic mass is 9.94. The summed E-state index contributed by atoms with van der Waals surface area (Å²) in [7, 11) is 0. The number of hydrogen-bond donors (Lipinski definition) is 3. The molecule has 1 aromatic carbocycles. The van der Waals surface area contributed by atoms with Gasteiger partial charge in [-0.25, -0.2) is 0 Å². The zero-order chi connectivity index (χ0) is 17.2. The third-order valence-electron chi connectivity index (χ3n) is 4.05. The van der Waals surface area contributed by atoms with Crippen molar-refractivity contribution in [3.63, 3.8) is 0 Å². The molecule has 1 atom stereocenters. The second-order valence-corrected chi connectivity index (χ2v) is 6.20. The molecule has 1 aromatic heterocycles. The van der Waals surface area contributed by atoms with Gasteiger partial charge in [0, 0.05) is 0 Å². The maximum Gasteiger partial charge on any atom is 0.313 e. The maximum absolute atomic E-state index is 12.0. The number of benzene rings is 1. The number of anilines is 1. The van der Waals surface area contributed by atoms with Crippen molar-refractivity contribution in [1.29, 1.82) is 0 Å². The zero-order valence-corrected chi connectivity index (χ0v) is 13.5. The number of halogens is 1. The Morgan fingerprint density at radius 3 is 2.58 bits per heavy atom. The molecule has 3 N–H and O–H groups in total. The SMILES string of the molecule is O=C(NCC(O)(c1ccco1)C1CC1)C(=O)Nc1ccccc1Cl. The van der Waals surface area contributed by atoms with Crippen LogP contribution in [0.25, 0.3) is 0 Å². The van der Waals surface area contributed by atoms with Gasteiger partial charge in [-0.1, -0.05) is 23.7 Å². The Morgan fingerprint density at radius 1 is 1.21 bits per heavy atom. The van der Waals surface area contributed by atoms with Gasteiger partial charge < -0.3 is 20.2 Å². The molecule has 6 nitrogen and oxygen atoms in total. The van der Waals surface area contributed by atoms with Crippen molar-refractivity contribution < 1.29 is 19.1 Å². The predicted octanol–water partition coefficient (Wildman–Crippen LogP) is 2.29. The Bertz CT molecular complexity index is 743. The molecule has 1 unspecified atom stereocenters. The minimum atomic E-state index is -1.30. The van der Waals surface area contributed by atoms with E-state index in [2.05, 4.69) is 10.6 Å². The highest BCUT2D eigenvalue weighted by Crippen LogP contribution is 2.45. The Balaban J connectivity index is 1.62. The summed E-state index contributed by atoms with van der Waals surface area (Å²) >= 11 is 5.94. The van der Waals surface area contributed by atoms with Crippen LogP contribution in [0, 0.1) is 5.92 Å². The highest BCUT2D eigenvalue weighted by molar-refractivity contribution is 6.41. The van der Waals surface area contributed by atoms with Gasteiger partial charge in [0.15, 0.2) is 0 Å². The normalized spacial score (nSPS) is 16.2. The van der Waals surface area contributed by atoms with E-state index in [1.807, 2.05) is 0 Å². The average molecular weight is 349 g/mol. The lowest BCUT2D eigenvalue weighted by molar-refractivity contribution is -0.137. The van der Waals surface area contributed by atoms with Crippen LogP contribution in [0.1, 0.15) is 18.6 Å². The number of nitrogens with one attached hydrogen (secondary N) is 2. The molecule has 0 aliphatic heterocycles. The Kier molecular flexibility index (Phi) is 4.59. The number of amides is 2. The van der Waals surface area contributed by atoms with E-state index in [1.165, 1.54) is 6.26 Å². The summed E-state index contributed by atoms with van der Waals surface area (Å²) in [5, 5.41) is 16.1. The van der Waals surface area contributed by atoms with Gasteiger partial charge in [0.05, 0.1) is 23.5 Å². The van der Waals surface area contributed by atoms with Gasteiger partial charge in [-0.3, -0.25) is 9.59 Å². The van der Waals surface area contributed by atoms with Gasteiger partial charge in [-0.2, -0.15) is 0 Å². The first-order valence-electron chi connectivity index (χ1n) is 7.61. The smallest absolute Gasteiger partial charge is 0.313 e. The molecule has 1 aliphatic carbocycles. The van der Waals surface area contributed by atoms with Gasteiger partial charge >= 0.3 is 11.8 Å². The number of furan rings is 1. The molecular formula is C17H17ClN2O4. The van der Waals surface area contributed by atoms with E-state index in [-0.39, 0.29) is 12.5 Å². The van der Waals surface area contributed by atoms with E-state index < -0.39 is 17.4 Å². The van der Waals surface area contributed by atoms with Gasteiger partial charge in [0.2, 0.25) is 0 Å². The predicted molar refractivity (Wildman–Crippen MR) is 88.4 cm³/mol. The number of rotatable bonds is 5. The fourth-order valence-electron chi connectivity index (χ4n) is 2.56. The summed E-state index contributed by atoms with van der Waals surface area (Å²) in [6.45, 7) is -0.0973. The van der Waals surface area contributed by atoms with E-state index in [9.17, 15) is 14.7 Å². The summed E-state index contributed by atoms with van der Waals surface area (Å²) in [6, 6.07) is 9.96. The van der Waals surface area contributed by atoms with Crippen LogP contribution in [-0.4, -0.2) is 23.5 Å². The first-order valence-corrected chi connectivity index (χ1v) is 7.98. The van der Waals surface area contributed by atoms with Crippen LogP contribution < -0.4 is 10.6 Å². The second kappa shape index (κ2) is 6.67. The number of hydrogen-bond acceptors (Lipinski definition) is 4. The largest absolute Gasteiger partial charge is 0.466 e. The van der Waals surface area contributed by atoms with Crippen molar-refractivity contribution in [2.45, 2.75) is 18.4 Å². The third kappa shape index (κ3) is 3.44. The van der Waals surface area contributed by atoms with Crippen molar-refractivity contribution >= 4 is 29.1 Å². The van der Waals surface area contributed by atoms with E-state index in [4.69, 9.17) is 16.0 Å². The van der Waals surface area contributed by atoms with Crippen LogP contribution >= 0.6 is 11.6 Å². The van der Waals surface area contributed by atoms with E-state index >= 15 is 0 Å². The van der Waals surface area contributed by atoms with Crippen LogP contribution in [0.2, 0.25) is 5.02 Å². The molecular weight excluding hydrogens is 332 g/mol. The highest BCUT2D eigenvalue weighted by atomic mass is 35.5. The second-order valence-electron chi connectivity index (χ2n) is 5.79. The van der Waals surface area contributed by atoms with Crippen LogP contribution in [-0.2, 0) is 15.2 Å². The summed E-state index contributed by atoms with van der Waals surface area (Å²) in [6.07, 6.45) is 3.16. The van der Waals surface area contributed by atoms with Crippen molar-refractivity contribution in [1.82, 2.24) is 5.32 Å². The molecule has 1 heterocycles. The molecule has 3 rings (SSSR count). The fourth-order valence-corrected chi connectivity index (χ4v) is 2.74. The molecule has 7 heteroatoms. The zero-order valence-electron chi connectivity index (χ0n) is 12.8. The molecule has 0 radical (unpaired) electrons. The standard InChI is InChI=1S/C17H17ClN2O4/c18-12-4-1-2-5-13(12)20-16(22)15(21)19-10-17(23,11-7-8-11)14-6-3-9-24-14/h1-6,9,11,23H,7-8,10H2,(H,19,21)(H,20,22). The number of aliphatic hydroxyl groups is 1. The van der Waals surface area contributed by atoms with Crippen LogP contribution in [0.3, 0.4) is 0 Å². The van der Waals surface area contributed by atoms with Gasteiger partial charge in [-0.05, 0) is 43.0 Å². The van der Waals surface area contributed by atoms with E-state index in [0.717, 1.165) is 12.8 Å². The van der Waals surface area contributed by atoms with E-state index in [1.54, 1.807) is 36.4 Å². The first-order chi connectivity index (χ1) is 11.5. The van der Waals surface area contributed by atoms with Crippen molar-refractivity contribution in [3.05, 3.63) is 53.4 Å². The quantitative estimate of drug-likeness (QED) is 0.723. The van der Waals surface area contributed by atoms with Crippen molar-refractivity contribution in [2.75, 3.05) is 11.9 Å². The lowest BCUT2D eigenvalue weighted by Crippen LogP contribution is -2.45. The lowest BCUT2D eigenvalue weighted by Gasteiger charge is -2.26. The van der Waals surface area contributed by atoms with E-state index in [0.29, 0.717) is 16.5 Å². The van der Waals surface area contributed by atoms with Gasteiger partial charge in [-0.15, -0.1) is 0 Å². The monoisotopic (exact) mass is 348 g/mol. The maximum atomic E-state index is 12.0. The minimum Gasteiger partial charge on any atom is -0.466 e. The van der Waals surface area contributed by atoms with Crippen LogP contribution in [0.5, 0.6) is 0 Å². The highest BCUT2D eigenvalue weighted by Gasteiger charge is 2.47. The fraction of sp³-hybridized carbons (Fsp3) is 0.294. The third-order valence-corrected chi connectivity index (χ3v) is 4.38.